The minimum absolute atomic E-state index is 0.0566. The molecule has 20 heavy (non-hydrogen) atoms. The first-order valence-electron chi connectivity index (χ1n) is 6.47. The second-order valence-corrected chi connectivity index (χ2v) is 4.18. The first-order valence-corrected chi connectivity index (χ1v) is 6.47. The number of carboxylic acids is 1. The van der Waals surface area contributed by atoms with Gasteiger partial charge in [0.2, 0.25) is 0 Å². The van der Waals surface area contributed by atoms with E-state index in [0.29, 0.717) is 36.7 Å². The molecule has 0 aliphatic heterocycles. The van der Waals surface area contributed by atoms with Crippen LogP contribution in [0.2, 0.25) is 0 Å². The zero-order valence-electron chi connectivity index (χ0n) is 11.7. The number of rotatable bonds is 9. The fourth-order valence-corrected chi connectivity index (χ4v) is 1.91. The van der Waals surface area contributed by atoms with E-state index in [4.69, 9.17) is 14.6 Å². The van der Waals surface area contributed by atoms with Gasteiger partial charge in [-0.05, 0) is 23.6 Å². The van der Waals surface area contributed by atoms with Crippen LogP contribution in [0.4, 0.5) is 0 Å². The Morgan fingerprint density at radius 2 is 1.90 bits per heavy atom. The Labute approximate surface area is 119 Å². The minimum atomic E-state index is -0.879. The fraction of sp³-hybridized carbons (Fsp3) is 0.312. The summed E-state index contributed by atoms with van der Waals surface area (Å²) in [5, 5.41) is 9.01. The van der Waals surface area contributed by atoms with E-state index in [2.05, 4.69) is 13.2 Å². The summed E-state index contributed by atoms with van der Waals surface area (Å²) in [6.07, 6.45) is 3.91. The highest BCUT2D eigenvalue weighted by Gasteiger charge is 2.14. The van der Waals surface area contributed by atoms with Crippen molar-refractivity contribution < 1.29 is 19.4 Å². The van der Waals surface area contributed by atoms with Crippen LogP contribution in [0, 0.1) is 0 Å². The van der Waals surface area contributed by atoms with Crippen LogP contribution in [0.5, 0.6) is 11.5 Å². The van der Waals surface area contributed by atoms with Gasteiger partial charge in [0.15, 0.2) is 0 Å². The third-order valence-electron chi connectivity index (χ3n) is 2.69. The summed E-state index contributed by atoms with van der Waals surface area (Å²) in [4.78, 5) is 11.0. The Morgan fingerprint density at radius 3 is 2.45 bits per heavy atom. The summed E-state index contributed by atoms with van der Waals surface area (Å²) < 4.78 is 11.1. The predicted octanol–water partition coefficient (Wildman–Crippen LogP) is 3.01. The zero-order valence-corrected chi connectivity index (χ0v) is 11.7. The lowest BCUT2D eigenvalue weighted by Crippen LogP contribution is -2.07. The molecule has 0 spiro atoms. The average molecular weight is 276 g/mol. The lowest BCUT2D eigenvalue weighted by Gasteiger charge is -2.15. The van der Waals surface area contributed by atoms with E-state index in [1.54, 1.807) is 24.3 Å². The number of carboxylic acid groups (broad SMARTS) is 1. The summed E-state index contributed by atoms with van der Waals surface area (Å²) in [5.41, 5.74) is 1.60. The highest BCUT2D eigenvalue weighted by atomic mass is 16.5. The van der Waals surface area contributed by atoms with Crippen LogP contribution in [0.15, 0.2) is 37.4 Å². The summed E-state index contributed by atoms with van der Waals surface area (Å²) in [6.45, 7) is 9.89. The SMILES string of the molecule is C=CCOc1cc(CC(=O)O)c(CC)c(OCC=C)c1. The van der Waals surface area contributed by atoms with Gasteiger partial charge in [-0.25, -0.2) is 0 Å². The molecule has 1 aromatic carbocycles. The second-order valence-electron chi connectivity index (χ2n) is 4.18. The van der Waals surface area contributed by atoms with Gasteiger partial charge in [-0.2, -0.15) is 0 Å². The van der Waals surface area contributed by atoms with Crippen molar-refractivity contribution in [2.75, 3.05) is 13.2 Å². The lowest BCUT2D eigenvalue weighted by atomic mass is 10.0. The van der Waals surface area contributed by atoms with Gasteiger partial charge in [0.1, 0.15) is 24.7 Å². The van der Waals surface area contributed by atoms with E-state index in [0.717, 1.165) is 5.56 Å². The molecule has 0 bridgehead atoms. The molecular formula is C16H20O4. The topological polar surface area (TPSA) is 55.8 Å². The van der Waals surface area contributed by atoms with Crippen LogP contribution in [0.3, 0.4) is 0 Å². The molecule has 0 saturated heterocycles. The normalized spacial score (nSPS) is 9.85. The monoisotopic (exact) mass is 276 g/mol. The van der Waals surface area contributed by atoms with E-state index in [1.807, 2.05) is 6.92 Å². The van der Waals surface area contributed by atoms with Crippen LogP contribution < -0.4 is 9.47 Å². The van der Waals surface area contributed by atoms with Crippen molar-refractivity contribution in [2.24, 2.45) is 0 Å². The molecule has 1 rings (SSSR count). The van der Waals surface area contributed by atoms with Gasteiger partial charge in [-0.3, -0.25) is 4.79 Å². The van der Waals surface area contributed by atoms with Crippen molar-refractivity contribution >= 4 is 5.97 Å². The lowest BCUT2D eigenvalue weighted by molar-refractivity contribution is -0.136. The Morgan fingerprint density at radius 1 is 1.25 bits per heavy atom. The van der Waals surface area contributed by atoms with Crippen molar-refractivity contribution in [3.8, 4) is 11.5 Å². The number of ether oxygens (including phenoxy) is 2. The molecule has 0 saturated carbocycles. The van der Waals surface area contributed by atoms with Gasteiger partial charge in [-0.1, -0.05) is 32.2 Å². The van der Waals surface area contributed by atoms with Gasteiger partial charge in [0, 0.05) is 6.07 Å². The average Bonchev–Trinajstić information content (AvgIpc) is 2.42. The molecule has 1 N–H and O–H groups in total. The Kier molecular flexibility index (Phi) is 6.37. The molecule has 4 heteroatoms. The van der Waals surface area contributed by atoms with Crippen LogP contribution in [0.1, 0.15) is 18.1 Å². The fourth-order valence-electron chi connectivity index (χ4n) is 1.91. The smallest absolute Gasteiger partial charge is 0.307 e. The van der Waals surface area contributed by atoms with Crippen LogP contribution >= 0.6 is 0 Å². The third-order valence-corrected chi connectivity index (χ3v) is 2.69. The molecule has 0 amide bonds. The molecule has 0 radical (unpaired) electrons. The quantitative estimate of drug-likeness (QED) is 0.704. The van der Waals surface area contributed by atoms with Crippen molar-refractivity contribution in [3.63, 3.8) is 0 Å². The summed E-state index contributed by atoms with van der Waals surface area (Å²) >= 11 is 0. The minimum Gasteiger partial charge on any atom is -0.489 e. The molecule has 108 valence electrons. The number of hydrogen-bond acceptors (Lipinski definition) is 3. The van der Waals surface area contributed by atoms with E-state index in [1.165, 1.54) is 0 Å². The molecule has 0 unspecified atom stereocenters. The Hall–Kier alpha value is -2.23. The molecule has 0 fully saturated rings. The third kappa shape index (κ3) is 4.46. The van der Waals surface area contributed by atoms with Crippen LogP contribution in [-0.2, 0) is 17.6 Å². The largest absolute Gasteiger partial charge is 0.489 e. The highest BCUT2D eigenvalue weighted by Crippen LogP contribution is 2.30. The zero-order chi connectivity index (χ0) is 15.0. The van der Waals surface area contributed by atoms with Crippen molar-refractivity contribution in [1.29, 1.82) is 0 Å². The van der Waals surface area contributed by atoms with Crippen molar-refractivity contribution in [1.82, 2.24) is 0 Å². The number of hydrogen-bond donors (Lipinski definition) is 1. The molecule has 0 aromatic heterocycles. The van der Waals surface area contributed by atoms with E-state index < -0.39 is 5.97 Å². The molecule has 0 heterocycles. The van der Waals surface area contributed by atoms with Gasteiger partial charge < -0.3 is 14.6 Å². The summed E-state index contributed by atoms with van der Waals surface area (Å²) in [6, 6.07) is 3.52. The first kappa shape index (κ1) is 15.8. The number of carbonyl (C=O) groups is 1. The molecule has 0 aliphatic carbocycles. The molecular weight excluding hydrogens is 256 g/mol. The second kappa shape index (κ2) is 8.04. The van der Waals surface area contributed by atoms with Gasteiger partial charge in [-0.15, -0.1) is 0 Å². The Bertz CT molecular complexity index is 491. The van der Waals surface area contributed by atoms with Gasteiger partial charge >= 0.3 is 5.97 Å². The molecule has 0 aliphatic rings. The van der Waals surface area contributed by atoms with Crippen molar-refractivity contribution in [2.45, 2.75) is 19.8 Å². The maximum atomic E-state index is 11.0. The standard InChI is InChI=1S/C16H20O4/c1-4-7-19-13-9-12(10-16(17)18)14(6-3)15(11-13)20-8-5-2/h4-5,9,11H,1-2,6-8,10H2,3H3,(H,17,18). The predicted molar refractivity (Wildman–Crippen MR) is 78.5 cm³/mol. The first-order chi connectivity index (χ1) is 9.62. The molecule has 0 atom stereocenters. The van der Waals surface area contributed by atoms with Crippen LogP contribution in [0.25, 0.3) is 0 Å². The highest BCUT2D eigenvalue weighted by molar-refractivity contribution is 5.71. The van der Waals surface area contributed by atoms with Crippen molar-refractivity contribution in [3.05, 3.63) is 48.6 Å². The molecule has 1 aromatic rings. The maximum Gasteiger partial charge on any atom is 0.307 e. The summed E-state index contributed by atoms with van der Waals surface area (Å²) in [7, 11) is 0. The van der Waals surface area contributed by atoms with E-state index in [-0.39, 0.29) is 6.42 Å². The van der Waals surface area contributed by atoms with Gasteiger partial charge in [0.25, 0.3) is 0 Å². The maximum absolute atomic E-state index is 11.0. The Balaban J connectivity index is 3.18. The van der Waals surface area contributed by atoms with E-state index in [9.17, 15) is 4.79 Å². The van der Waals surface area contributed by atoms with Gasteiger partial charge in [0.05, 0.1) is 6.42 Å². The molecule has 4 nitrogen and oxygen atoms in total. The van der Waals surface area contributed by atoms with E-state index >= 15 is 0 Å². The summed E-state index contributed by atoms with van der Waals surface area (Å²) in [5.74, 6) is 0.345. The number of benzene rings is 1. The van der Waals surface area contributed by atoms with Crippen LogP contribution in [-0.4, -0.2) is 24.3 Å². The number of aliphatic carboxylic acids is 1.